The number of nitrogens with zero attached hydrogens (tertiary/aromatic N) is 1. The Morgan fingerprint density at radius 2 is 2.12 bits per heavy atom. The number of aromatic nitrogens is 1. The molecule has 1 aliphatic carbocycles. The Bertz CT molecular complexity index is 457. The van der Waals surface area contributed by atoms with Crippen molar-refractivity contribution in [3.63, 3.8) is 0 Å². The number of halogens is 4. The van der Waals surface area contributed by atoms with Gasteiger partial charge < -0.3 is 5.32 Å². The van der Waals surface area contributed by atoms with Gasteiger partial charge in [0.15, 0.2) is 5.82 Å². The summed E-state index contributed by atoms with van der Waals surface area (Å²) in [7, 11) is 0. The van der Waals surface area contributed by atoms with Gasteiger partial charge in [-0.15, -0.1) is 0 Å². The van der Waals surface area contributed by atoms with Gasteiger partial charge in [-0.25, -0.2) is 4.98 Å². The van der Waals surface area contributed by atoms with Gasteiger partial charge in [0.2, 0.25) is 5.91 Å². The van der Waals surface area contributed by atoms with E-state index in [2.05, 4.69) is 10.3 Å². The van der Waals surface area contributed by atoms with Crippen molar-refractivity contribution >= 4 is 23.3 Å². The lowest BCUT2D eigenvalue weighted by Crippen LogP contribution is -2.15. The number of pyridine rings is 1. The fraction of sp³-hybridized carbons (Fsp3) is 0.400. The molecule has 3 nitrogen and oxygen atoms in total. The molecule has 1 heterocycles. The summed E-state index contributed by atoms with van der Waals surface area (Å²) in [4.78, 5) is 14.9. The third-order valence-electron chi connectivity index (χ3n) is 2.36. The normalized spacial score (nSPS) is 15.8. The minimum atomic E-state index is -4.49. The third-order valence-corrected chi connectivity index (χ3v) is 2.65. The summed E-state index contributed by atoms with van der Waals surface area (Å²) < 4.78 is 36.9. The second-order valence-corrected chi connectivity index (χ2v) is 4.22. The first kappa shape index (κ1) is 12.2. The van der Waals surface area contributed by atoms with Crippen molar-refractivity contribution in [2.24, 2.45) is 5.92 Å². The van der Waals surface area contributed by atoms with Crippen LogP contribution in [0.3, 0.4) is 0 Å². The summed E-state index contributed by atoms with van der Waals surface area (Å²) in [6.45, 7) is 0. The van der Waals surface area contributed by atoms with Crippen LogP contribution in [0, 0.1) is 5.92 Å². The molecule has 1 N–H and O–H groups in total. The van der Waals surface area contributed by atoms with E-state index in [0.717, 1.165) is 18.9 Å². The zero-order valence-electron chi connectivity index (χ0n) is 8.51. The van der Waals surface area contributed by atoms with Crippen LogP contribution in [0.15, 0.2) is 12.3 Å². The van der Waals surface area contributed by atoms with Crippen molar-refractivity contribution in [2.75, 3.05) is 5.32 Å². The Hall–Kier alpha value is -1.30. The lowest BCUT2D eigenvalue weighted by atomic mass is 10.2. The molecule has 0 aliphatic heterocycles. The summed E-state index contributed by atoms with van der Waals surface area (Å²) >= 11 is 5.63. The van der Waals surface area contributed by atoms with E-state index in [4.69, 9.17) is 11.6 Å². The van der Waals surface area contributed by atoms with E-state index in [1.807, 2.05) is 0 Å². The number of alkyl halides is 3. The van der Waals surface area contributed by atoms with Crippen LogP contribution < -0.4 is 5.32 Å². The van der Waals surface area contributed by atoms with E-state index in [1.165, 1.54) is 0 Å². The van der Waals surface area contributed by atoms with Gasteiger partial charge >= 0.3 is 6.18 Å². The monoisotopic (exact) mass is 264 g/mol. The highest BCUT2D eigenvalue weighted by molar-refractivity contribution is 6.33. The molecule has 1 fully saturated rings. The third kappa shape index (κ3) is 2.88. The highest BCUT2D eigenvalue weighted by Gasteiger charge is 2.33. The first-order valence-electron chi connectivity index (χ1n) is 4.91. The fourth-order valence-corrected chi connectivity index (χ4v) is 1.46. The van der Waals surface area contributed by atoms with Gasteiger partial charge in [-0.05, 0) is 18.9 Å². The van der Waals surface area contributed by atoms with E-state index < -0.39 is 11.7 Å². The maximum atomic E-state index is 12.3. The first-order chi connectivity index (χ1) is 7.88. The van der Waals surface area contributed by atoms with Crippen LogP contribution in [-0.2, 0) is 11.0 Å². The molecule has 2 rings (SSSR count). The van der Waals surface area contributed by atoms with Crippen LogP contribution in [0.25, 0.3) is 0 Å². The molecule has 0 radical (unpaired) electrons. The maximum absolute atomic E-state index is 12.3. The molecular formula is C10H8ClF3N2O. The number of rotatable bonds is 2. The number of hydrogen-bond donors (Lipinski definition) is 1. The molecule has 0 saturated heterocycles. The van der Waals surface area contributed by atoms with Gasteiger partial charge in [0.05, 0.1) is 10.6 Å². The van der Waals surface area contributed by atoms with Gasteiger partial charge in [-0.2, -0.15) is 13.2 Å². The average molecular weight is 265 g/mol. The maximum Gasteiger partial charge on any atom is 0.417 e. The zero-order chi connectivity index (χ0) is 12.6. The van der Waals surface area contributed by atoms with Crippen LogP contribution in [0.5, 0.6) is 0 Å². The Labute approximate surface area is 100.0 Å². The highest BCUT2D eigenvalue weighted by atomic mass is 35.5. The van der Waals surface area contributed by atoms with Crippen molar-refractivity contribution in [3.8, 4) is 0 Å². The molecule has 92 valence electrons. The van der Waals surface area contributed by atoms with E-state index >= 15 is 0 Å². The minimum Gasteiger partial charge on any atom is -0.309 e. The quantitative estimate of drug-likeness (QED) is 0.892. The zero-order valence-corrected chi connectivity index (χ0v) is 9.27. The van der Waals surface area contributed by atoms with E-state index in [1.54, 1.807) is 0 Å². The number of carbonyl (C=O) groups is 1. The SMILES string of the molecule is O=C(Nc1ncc(C(F)(F)F)cc1Cl)C1CC1. The van der Waals surface area contributed by atoms with Crippen molar-refractivity contribution in [1.29, 1.82) is 0 Å². The van der Waals surface area contributed by atoms with Gasteiger partial charge in [-0.1, -0.05) is 11.6 Å². The topological polar surface area (TPSA) is 42.0 Å². The molecule has 0 unspecified atom stereocenters. The summed E-state index contributed by atoms with van der Waals surface area (Å²) in [6.07, 6.45) is -2.25. The van der Waals surface area contributed by atoms with Crippen molar-refractivity contribution in [1.82, 2.24) is 4.98 Å². The predicted octanol–water partition coefficient (Wildman–Crippen LogP) is 3.10. The van der Waals surface area contributed by atoms with Crippen LogP contribution in [0.1, 0.15) is 18.4 Å². The Morgan fingerprint density at radius 3 is 2.59 bits per heavy atom. The lowest BCUT2D eigenvalue weighted by Gasteiger charge is -2.09. The number of nitrogens with one attached hydrogen (secondary N) is 1. The summed E-state index contributed by atoms with van der Waals surface area (Å²) in [5.74, 6) is -0.342. The van der Waals surface area contributed by atoms with Crippen molar-refractivity contribution < 1.29 is 18.0 Å². The molecule has 1 aromatic rings. The van der Waals surface area contributed by atoms with E-state index in [9.17, 15) is 18.0 Å². The number of hydrogen-bond acceptors (Lipinski definition) is 2. The standard InChI is InChI=1S/C10H8ClF3N2O/c11-7-3-6(10(12,13)14)4-15-8(7)16-9(17)5-1-2-5/h3-5H,1-2H2,(H,15,16,17). The lowest BCUT2D eigenvalue weighted by molar-refractivity contribution is -0.137. The average Bonchev–Trinajstić information content (AvgIpc) is 3.02. The molecule has 7 heteroatoms. The molecule has 1 aromatic heterocycles. The molecule has 1 amide bonds. The van der Waals surface area contributed by atoms with Crippen LogP contribution in [0.2, 0.25) is 5.02 Å². The van der Waals surface area contributed by atoms with Gasteiger partial charge in [0.1, 0.15) is 0 Å². The second kappa shape index (κ2) is 4.18. The molecule has 1 saturated carbocycles. The predicted molar refractivity (Wildman–Crippen MR) is 55.6 cm³/mol. The number of anilines is 1. The number of carbonyl (C=O) groups excluding carboxylic acids is 1. The molecule has 0 atom stereocenters. The van der Waals surface area contributed by atoms with Gasteiger partial charge in [0.25, 0.3) is 0 Å². The smallest absolute Gasteiger partial charge is 0.309 e. The molecule has 17 heavy (non-hydrogen) atoms. The molecule has 1 aliphatic rings. The Kier molecular flexibility index (Phi) is 2.99. The molecule has 0 aromatic carbocycles. The Balaban J connectivity index is 2.16. The van der Waals surface area contributed by atoms with Crippen molar-refractivity contribution in [3.05, 3.63) is 22.8 Å². The summed E-state index contributed by atoms with van der Waals surface area (Å²) in [5.41, 5.74) is -0.938. The van der Waals surface area contributed by atoms with Crippen LogP contribution in [-0.4, -0.2) is 10.9 Å². The molecule has 0 bridgehead atoms. The van der Waals surface area contributed by atoms with Crippen LogP contribution >= 0.6 is 11.6 Å². The van der Waals surface area contributed by atoms with Gasteiger partial charge in [0, 0.05) is 12.1 Å². The van der Waals surface area contributed by atoms with Crippen LogP contribution in [0.4, 0.5) is 19.0 Å². The van der Waals surface area contributed by atoms with Crippen molar-refractivity contribution in [2.45, 2.75) is 19.0 Å². The summed E-state index contributed by atoms with van der Waals surface area (Å²) in [6, 6.07) is 0.747. The van der Waals surface area contributed by atoms with Gasteiger partial charge in [-0.3, -0.25) is 4.79 Å². The minimum absolute atomic E-state index is 0.0310. The van der Waals surface area contributed by atoms with E-state index in [0.29, 0.717) is 6.20 Å². The second-order valence-electron chi connectivity index (χ2n) is 3.82. The van der Waals surface area contributed by atoms with E-state index in [-0.39, 0.29) is 22.7 Å². The molecule has 0 spiro atoms. The number of amides is 1. The first-order valence-corrected chi connectivity index (χ1v) is 5.29. The highest BCUT2D eigenvalue weighted by Crippen LogP contribution is 2.34. The summed E-state index contributed by atoms with van der Waals surface area (Å²) in [5, 5.41) is 2.19. The largest absolute Gasteiger partial charge is 0.417 e. The molecular weight excluding hydrogens is 257 g/mol. The Morgan fingerprint density at radius 1 is 1.47 bits per heavy atom. The fourth-order valence-electron chi connectivity index (χ4n) is 1.25.